The molecule has 0 saturated carbocycles. The smallest absolute Gasteiger partial charge is 0.0741 e. The van der Waals surface area contributed by atoms with Gasteiger partial charge in [-0.3, -0.25) is 4.98 Å². The van der Waals surface area contributed by atoms with Crippen LogP contribution in [-0.4, -0.2) is 14.8 Å². The fourth-order valence-corrected chi connectivity index (χ4v) is 2.09. The van der Waals surface area contributed by atoms with Gasteiger partial charge in [-0.25, -0.2) is 4.68 Å². The molecule has 1 aromatic carbocycles. The Morgan fingerprint density at radius 1 is 1.22 bits per heavy atom. The zero-order valence-electron chi connectivity index (χ0n) is 10.2. The second-order valence-corrected chi connectivity index (χ2v) is 4.27. The molecule has 2 N–H and O–H groups in total. The molecule has 0 aliphatic rings. The average molecular weight is 238 g/mol. The summed E-state index contributed by atoms with van der Waals surface area (Å²) < 4.78 is 1.92. The largest absolute Gasteiger partial charge is 0.326 e. The predicted molar refractivity (Wildman–Crippen MR) is 71.5 cm³/mol. The highest BCUT2D eigenvalue weighted by Crippen LogP contribution is 2.20. The summed E-state index contributed by atoms with van der Waals surface area (Å²) in [6.07, 6.45) is 3.69. The molecule has 0 aliphatic heterocycles. The third kappa shape index (κ3) is 1.67. The zero-order chi connectivity index (χ0) is 12.5. The van der Waals surface area contributed by atoms with Gasteiger partial charge < -0.3 is 5.73 Å². The Morgan fingerprint density at radius 2 is 2.06 bits per heavy atom. The van der Waals surface area contributed by atoms with E-state index in [1.807, 2.05) is 42.2 Å². The van der Waals surface area contributed by atoms with Crippen molar-refractivity contribution in [3.8, 4) is 5.69 Å². The Kier molecular flexibility index (Phi) is 2.57. The van der Waals surface area contributed by atoms with Crippen LogP contribution in [0.15, 0.2) is 42.7 Å². The van der Waals surface area contributed by atoms with Crippen molar-refractivity contribution in [2.45, 2.75) is 13.5 Å². The molecule has 2 heterocycles. The van der Waals surface area contributed by atoms with Gasteiger partial charge in [-0.2, -0.15) is 5.10 Å². The number of nitrogens with zero attached hydrogens (tertiary/aromatic N) is 3. The van der Waals surface area contributed by atoms with Crippen LogP contribution in [0.25, 0.3) is 16.6 Å². The molecule has 0 radical (unpaired) electrons. The lowest BCUT2D eigenvalue weighted by molar-refractivity contribution is 0.874. The summed E-state index contributed by atoms with van der Waals surface area (Å²) in [5, 5.41) is 5.57. The lowest BCUT2D eigenvalue weighted by Gasteiger charge is -2.09. The molecule has 0 fully saturated rings. The van der Waals surface area contributed by atoms with Gasteiger partial charge in [0.05, 0.1) is 17.4 Å². The van der Waals surface area contributed by atoms with Crippen LogP contribution in [0.5, 0.6) is 0 Å². The third-order valence-electron chi connectivity index (χ3n) is 3.02. The molecule has 0 amide bonds. The topological polar surface area (TPSA) is 56.7 Å². The summed E-state index contributed by atoms with van der Waals surface area (Å²) in [7, 11) is 0. The highest BCUT2D eigenvalue weighted by atomic mass is 15.3. The van der Waals surface area contributed by atoms with Crippen molar-refractivity contribution in [1.82, 2.24) is 14.8 Å². The normalized spacial score (nSPS) is 11.0. The SMILES string of the molecule is Cc1cc(-n2ncc3ccccc32)c(CN)cn1. The fraction of sp³-hybridized carbons (Fsp3) is 0.143. The van der Waals surface area contributed by atoms with E-state index < -0.39 is 0 Å². The minimum absolute atomic E-state index is 0.455. The summed E-state index contributed by atoms with van der Waals surface area (Å²) in [6, 6.07) is 10.1. The number of para-hydroxylation sites is 1. The van der Waals surface area contributed by atoms with Crippen molar-refractivity contribution in [2.75, 3.05) is 0 Å². The predicted octanol–water partition coefficient (Wildman–Crippen LogP) is 2.19. The minimum Gasteiger partial charge on any atom is -0.326 e. The fourth-order valence-electron chi connectivity index (χ4n) is 2.09. The van der Waals surface area contributed by atoms with Crippen LogP contribution in [0.2, 0.25) is 0 Å². The summed E-state index contributed by atoms with van der Waals surface area (Å²) in [6.45, 7) is 2.42. The van der Waals surface area contributed by atoms with E-state index in [2.05, 4.69) is 22.2 Å². The lowest BCUT2D eigenvalue weighted by atomic mass is 10.2. The molecule has 2 aromatic heterocycles. The van der Waals surface area contributed by atoms with E-state index >= 15 is 0 Å². The van der Waals surface area contributed by atoms with E-state index in [4.69, 9.17) is 5.73 Å². The van der Waals surface area contributed by atoms with Crippen molar-refractivity contribution < 1.29 is 0 Å². The van der Waals surface area contributed by atoms with Crippen LogP contribution in [-0.2, 0) is 6.54 Å². The van der Waals surface area contributed by atoms with Crippen LogP contribution in [0.4, 0.5) is 0 Å². The van der Waals surface area contributed by atoms with Gasteiger partial charge in [0.2, 0.25) is 0 Å². The average Bonchev–Trinajstić information content (AvgIpc) is 2.82. The molecule has 0 spiro atoms. The minimum atomic E-state index is 0.455. The summed E-state index contributed by atoms with van der Waals surface area (Å²) in [5.41, 5.74) is 9.81. The standard InChI is InChI=1S/C14H14N4/c1-10-6-14(12(7-15)8-16-10)18-13-5-3-2-4-11(13)9-17-18/h2-6,8-9H,7,15H2,1H3. The number of pyridine rings is 1. The van der Waals surface area contributed by atoms with E-state index in [-0.39, 0.29) is 0 Å². The highest BCUT2D eigenvalue weighted by Gasteiger charge is 2.09. The van der Waals surface area contributed by atoms with Gasteiger partial charge in [0, 0.05) is 29.4 Å². The number of rotatable bonds is 2. The van der Waals surface area contributed by atoms with Gasteiger partial charge in [-0.05, 0) is 19.1 Å². The van der Waals surface area contributed by atoms with Crippen LogP contribution in [0.1, 0.15) is 11.3 Å². The van der Waals surface area contributed by atoms with Gasteiger partial charge in [0.15, 0.2) is 0 Å². The molecule has 90 valence electrons. The summed E-state index contributed by atoms with van der Waals surface area (Å²) >= 11 is 0. The molecule has 0 unspecified atom stereocenters. The Morgan fingerprint density at radius 3 is 2.89 bits per heavy atom. The number of nitrogens with two attached hydrogens (primary N) is 1. The molecule has 3 rings (SSSR count). The first-order valence-electron chi connectivity index (χ1n) is 5.88. The first-order chi connectivity index (χ1) is 8.79. The Bertz CT molecular complexity index is 700. The Hall–Kier alpha value is -2.20. The summed E-state index contributed by atoms with van der Waals surface area (Å²) in [5.74, 6) is 0. The molecule has 0 aliphatic carbocycles. The first kappa shape index (κ1) is 10.9. The van der Waals surface area contributed by atoms with Gasteiger partial charge in [-0.1, -0.05) is 18.2 Å². The Labute approximate surface area is 105 Å². The number of hydrogen-bond donors (Lipinski definition) is 1. The van der Waals surface area contributed by atoms with Crippen LogP contribution < -0.4 is 5.73 Å². The summed E-state index contributed by atoms with van der Waals surface area (Å²) in [4.78, 5) is 4.28. The Balaban J connectivity index is 2.29. The molecule has 3 aromatic rings. The number of hydrogen-bond acceptors (Lipinski definition) is 3. The van der Waals surface area contributed by atoms with Gasteiger partial charge in [-0.15, -0.1) is 0 Å². The quantitative estimate of drug-likeness (QED) is 0.744. The number of benzene rings is 1. The third-order valence-corrected chi connectivity index (χ3v) is 3.02. The maximum Gasteiger partial charge on any atom is 0.0741 e. The van der Waals surface area contributed by atoms with Crippen molar-refractivity contribution in [2.24, 2.45) is 5.73 Å². The maximum absolute atomic E-state index is 5.77. The highest BCUT2D eigenvalue weighted by molar-refractivity contribution is 5.80. The second-order valence-electron chi connectivity index (χ2n) is 4.27. The van der Waals surface area contributed by atoms with Crippen molar-refractivity contribution in [3.05, 3.63) is 54.0 Å². The van der Waals surface area contributed by atoms with Crippen LogP contribution >= 0.6 is 0 Å². The number of aromatic nitrogens is 3. The van der Waals surface area contributed by atoms with E-state index in [1.54, 1.807) is 0 Å². The number of fused-ring (bicyclic) bond motifs is 1. The molecular formula is C14H14N4. The maximum atomic E-state index is 5.77. The number of aryl methyl sites for hydroxylation is 1. The van der Waals surface area contributed by atoms with Crippen LogP contribution in [0, 0.1) is 6.92 Å². The zero-order valence-corrected chi connectivity index (χ0v) is 10.2. The van der Waals surface area contributed by atoms with Crippen LogP contribution in [0.3, 0.4) is 0 Å². The molecule has 18 heavy (non-hydrogen) atoms. The molecule has 0 saturated heterocycles. The molecule has 4 nitrogen and oxygen atoms in total. The van der Waals surface area contributed by atoms with Gasteiger partial charge in [0.25, 0.3) is 0 Å². The molecule has 0 bridgehead atoms. The van der Waals surface area contributed by atoms with E-state index in [9.17, 15) is 0 Å². The van der Waals surface area contributed by atoms with E-state index in [0.717, 1.165) is 27.8 Å². The van der Waals surface area contributed by atoms with Crippen molar-refractivity contribution >= 4 is 10.9 Å². The lowest BCUT2D eigenvalue weighted by Crippen LogP contribution is -2.07. The van der Waals surface area contributed by atoms with Crippen molar-refractivity contribution in [1.29, 1.82) is 0 Å². The molecular weight excluding hydrogens is 224 g/mol. The monoisotopic (exact) mass is 238 g/mol. The van der Waals surface area contributed by atoms with E-state index in [1.165, 1.54) is 0 Å². The second kappa shape index (κ2) is 4.23. The molecule has 4 heteroatoms. The van der Waals surface area contributed by atoms with Crippen molar-refractivity contribution in [3.63, 3.8) is 0 Å². The first-order valence-corrected chi connectivity index (χ1v) is 5.88. The van der Waals surface area contributed by atoms with Gasteiger partial charge in [0.1, 0.15) is 0 Å². The van der Waals surface area contributed by atoms with Gasteiger partial charge >= 0.3 is 0 Å². The molecule has 0 atom stereocenters. The van der Waals surface area contributed by atoms with E-state index in [0.29, 0.717) is 6.54 Å².